The third-order valence-electron chi connectivity index (χ3n) is 4.98. The number of urea groups is 1. The number of carbonyl (C=O) groups excluding carboxylic acids is 1. The van der Waals surface area contributed by atoms with Crippen LogP contribution in [0, 0.1) is 0 Å². The van der Waals surface area contributed by atoms with E-state index in [0.717, 1.165) is 18.8 Å². The second kappa shape index (κ2) is 8.42. The molecule has 3 rings (SSSR count). The summed E-state index contributed by atoms with van der Waals surface area (Å²) in [6.07, 6.45) is 0. The summed E-state index contributed by atoms with van der Waals surface area (Å²) in [6.45, 7) is 3.86. The number of carbonyl (C=O) groups is 1. The largest absolute Gasteiger partial charge is 0.497 e. The summed E-state index contributed by atoms with van der Waals surface area (Å²) in [5, 5.41) is 2.83. The topological polar surface area (TPSA) is 85.4 Å². The van der Waals surface area contributed by atoms with Gasteiger partial charge in [0.25, 0.3) is 10.2 Å². The van der Waals surface area contributed by atoms with Crippen LogP contribution in [0.25, 0.3) is 0 Å². The van der Waals surface area contributed by atoms with Crippen molar-refractivity contribution < 1.29 is 17.9 Å². The van der Waals surface area contributed by atoms with Gasteiger partial charge in [-0.05, 0) is 31.3 Å². The number of nitrogens with zero attached hydrogens (tertiary/aromatic N) is 4. The quantitative estimate of drug-likeness (QED) is 0.792. The van der Waals surface area contributed by atoms with Gasteiger partial charge in [-0.1, -0.05) is 0 Å². The molecule has 2 fully saturated rings. The van der Waals surface area contributed by atoms with Crippen molar-refractivity contribution in [2.24, 2.45) is 0 Å². The Labute approximate surface area is 160 Å². The van der Waals surface area contributed by atoms with Gasteiger partial charge in [-0.2, -0.15) is 17.0 Å². The summed E-state index contributed by atoms with van der Waals surface area (Å²) in [4.78, 5) is 16.2. The van der Waals surface area contributed by atoms with Crippen molar-refractivity contribution in [3.05, 3.63) is 24.3 Å². The van der Waals surface area contributed by atoms with Crippen LogP contribution in [-0.4, -0.2) is 99.4 Å². The molecule has 27 heavy (non-hydrogen) atoms. The average molecular weight is 398 g/mol. The van der Waals surface area contributed by atoms with Crippen molar-refractivity contribution in [3.63, 3.8) is 0 Å². The molecular formula is C17H27N5O4S. The lowest BCUT2D eigenvalue weighted by Gasteiger charge is -2.39. The zero-order valence-electron chi connectivity index (χ0n) is 15.8. The highest BCUT2D eigenvalue weighted by Crippen LogP contribution is 2.17. The minimum Gasteiger partial charge on any atom is -0.497 e. The second-order valence-electron chi connectivity index (χ2n) is 6.75. The Balaban J connectivity index is 1.52. The molecule has 0 atom stereocenters. The van der Waals surface area contributed by atoms with Crippen molar-refractivity contribution in [2.45, 2.75) is 0 Å². The molecule has 2 heterocycles. The molecule has 0 bridgehead atoms. The number of anilines is 1. The first-order valence-electron chi connectivity index (χ1n) is 9.04. The zero-order valence-corrected chi connectivity index (χ0v) is 16.6. The Bertz CT molecular complexity index is 739. The van der Waals surface area contributed by atoms with Crippen LogP contribution in [0.15, 0.2) is 24.3 Å². The lowest BCUT2D eigenvalue weighted by atomic mass is 10.3. The summed E-state index contributed by atoms with van der Waals surface area (Å²) in [6, 6.07) is 6.86. The van der Waals surface area contributed by atoms with Gasteiger partial charge in [0.15, 0.2) is 0 Å². The summed E-state index contributed by atoms with van der Waals surface area (Å²) >= 11 is 0. The minimum absolute atomic E-state index is 0.225. The number of benzene rings is 1. The SMILES string of the molecule is COc1ccc(NC(=O)N2CCN(S(=O)(=O)N3CCN(C)CC3)CC2)cc1. The second-order valence-corrected chi connectivity index (χ2v) is 8.68. The summed E-state index contributed by atoms with van der Waals surface area (Å²) in [5.74, 6) is 0.718. The van der Waals surface area contributed by atoms with Gasteiger partial charge in [-0.3, -0.25) is 0 Å². The highest BCUT2D eigenvalue weighted by Gasteiger charge is 2.34. The predicted molar refractivity (Wildman–Crippen MR) is 103 cm³/mol. The molecule has 0 aliphatic carbocycles. The van der Waals surface area contributed by atoms with Crippen LogP contribution in [0.2, 0.25) is 0 Å². The molecule has 2 saturated heterocycles. The van der Waals surface area contributed by atoms with E-state index in [9.17, 15) is 13.2 Å². The van der Waals surface area contributed by atoms with E-state index in [-0.39, 0.29) is 6.03 Å². The maximum atomic E-state index is 12.8. The monoisotopic (exact) mass is 397 g/mol. The molecule has 2 aliphatic heterocycles. The molecule has 0 saturated carbocycles. The van der Waals surface area contributed by atoms with E-state index >= 15 is 0 Å². The summed E-state index contributed by atoms with van der Waals surface area (Å²) in [7, 11) is 0.120. The Kier molecular flexibility index (Phi) is 6.20. The third kappa shape index (κ3) is 4.70. The van der Waals surface area contributed by atoms with Gasteiger partial charge < -0.3 is 19.9 Å². The maximum Gasteiger partial charge on any atom is 0.321 e. The first-order valence-corrected chi connectivity index (χ1v) is 10.4. The number of rotatable bonds is 4. The molecule has 2 aliphatic rings. The zero-order chi connectivity index (χ0) is 19.4. The Hall–Kier alpha value is -1.88. The van der Waals surface area contributed by atoms with E-state index in [4.69, 9.17) is 4.74 Å². The van der Waals surface area contributed by atoms with E-state index in [0.29, 0.717) is 45.0 Å². The van der Waals surface area contributed by atoms with Gasteiger partial charge in [0.2, 0.25) is 0 Å². The van der Waals surface area contributed by atoms with Crippen molar-refractivity contribution in [3.8, 4) is 5.75 Å². The van der Waals surface area contributed by atoms with Crippen LogP contribution in [0.5, 0.6) is 5.75 Å². The Morgan fingerprint density at radius 1 is 0.926 bits per heavy atom. The number of amides is 2. The molecule has 1 N–H and O–H groups in total. The fourth-order valence-corrected chi connectivity index (χ4v) is 4.76. The fraction of sp³-hybridized carbons (Fsp3) is 0.588. The predicted octanol–water partition coefficient (Wildman–Crippen LogP) is 0.337. The van der Waals surface area contributed by atoms with E-state index in [1.807, 2.05) is 7.05 Å². The van der Waals surface area contributed by atoms with Crippen LogP contribution in [0.1, 0.15) is 0 Å². The van der Waals surface area contributed by atoms with Gasteiger partial charge >= 0.3 is 6.03 Å². The normalized spacial score (nSPS) is 20.4. The molecule has 2 amide bonds. The van der Waals surface area contributed by atoms with Gasteiger partial charge in [0.1, 0.15) is 5.75 Å². The van der Waals surface area contributed by atoms with Gasteiger partial charge in [0, 0.05) is 58.0 Å². The van der Waals surface area contributed by atoms with Gasteiger partial charge in [-0.25, -0.2) is 4.79 Å². The van der Waals surface area contributed by atoms with Crippen LogP contribution in [0.4, 0.5) is 10.5 Å². The first-order chi connectivity index (χ1) is 12.9. The van der Waals surface area contributed by atoms with E-state index in [2.05, 4.69) is 10.2 Å². The van der Waals surface area contributed by atoms with E-state index in [1.165, 1.54) is 4.31 Å². The number of piperazine rings is 2. The number of nitrogens with one attached hydrogen (secondary N) is 1. The van der Waals surface area contributed by atoms with Crippen molar-refractivity contribution in [1.82, 2.24) is 18.4 Å². The summed E-state index contributed by atoms with van der Waals surface area (Å²) < 4.78 is 33.7. The molecule has 1 aromatic carbocycles. The highest BCUT2D eigenvalue weighted by molar-refractivity contribution is 7.86. The highest BCUT2D eigenvalue weighted by atomic mass is 32.2. The molecular weight excluding hydrogens is 370 g/mol. The van der Waals surface area contributed by atoms with E-state index in [1.54, 1.807) is 40.6 Å². The number of hydrogen-bond donors (Lipinski definition) is 1. The summed E-state index contributed by atoms with van der Waals surface area (Å²) in [5.41, 5.74) is 0.674. The minimum atomic E-state index is -3.46. The molecule has 150 valence electrons. The van der Waals surface area contributed by atoms with Crippen molar-refractivity contribution in [1.29, 1.82) is 0 Å². The number of ether oxygens (including phenoxy) is 1. The number of hydrogen-bond acceptors (Lipinski definition) is 5. The third-order valence-corrected chi connectivity index (χ3v) is 7.02. The fourth-order valence-electron chi connectivity index (χ4n) is 3.18. The standard InChI is InChI=1S/C17H27N5O4S/c1-19-7-11-21(12-8-19)27(24,25)22-13-9-20(10-14-22)17(23)18-15-3-5-16(26-2)6-4-15/h3-6H,7-14H2,1-2H3,(H,18,23). The van der Waals surface area contributed by atoms with Gasteiger partial charge in [-0.15, -0.1) is 0 Å². The molecule has 10 heteroatoms. The number of likely N-dealkylation sites (N-methyl/N-ethyl adjacent to an activating group) is 1. The molecule has 9 nitrogen and oxygen atoms in total. The van der Waals surface area contributed by atoms with Crippen LogP contribution in [-0.2, 0) is 10.2 Å². The van der Waals surface area contributed by atoms with Crippen molar-refractivity contribution >= 4 is 21.9 Å². The molecule has 0 radical (unpaired) electrons. The van der Waals surface area contributed by atoms with E-state index < -0.39 is 10.2 Å². The molecule has 0 unspecified atom stereocenters. The molecule has 1 aromatic rings. The lowest BCUT2D eigenvalue weighted by molar-refractivity contribution is 0.173. The Morgan fingerprint density at radius 2 is 1.44 bits per heavy atom. The van der Waals surface area contributed by atoms with Crippen LogP contribution < -0.4 is 10.1 Å². The average Bonchev–Trinajstić information content (AvgIpc) is 2.69. The van der Waals surface area contributed by atoms with Gasteiger partial charge in [0.05, 0.1) is 7.11 Å². The van der Waals surface area contributed by atoms with Crippen molar-refractivity contribution in [2.75, 3.05) is 71.8 Å². The number of methoxy groups -OCH3 is 1. The lowest BCUT2D eigenvalue weighted by Crippen LogP contribution is -2.57. The first kappa shape index (κ1) is 19.9. The molecule has 0 aromatic heterocycles. The molecule has 0 spiro atoms. The Morgan fingerprint density at radius 3 is 1.96 bits per heavy atom. The maximum absolute atomic E-state index is 12.8. The van der Waals surface area contributed by atoms with Crippen LogP contribution in [0.3, 0.4) is 0 Å². The smallest absolute Gasteiger partial charge is 0.321 e. The van der Waals surface area contributed by atoms with Crippen LogP contribution >= 0.6 is 0 Å².